The lowest BCUT2D eigenvalue weighted by atomic mass is 9.93. The van der Waals surface area contributed by atoms with Crippen LogP contribution in [0.2, 0.25) is 0 Å². The molecule has 1 aromatic rings. The normalized spacial score (nSPS) is 16.7. The number of hydrogen-bond acceptors (Lipinski definition) is 4. The minimum atomic E-state index is 0. The van der Waals surface area contributed by atoms with Gasteiger partial charge in [-0.1, -0.05) is 6.92 Å². The molecule has 2 N–H and O–H groups in total. The van der Waals surface area contributed by atoms with Gasteiger partial charge in [-0.3, -0.25) is 0 Å². The van der Waals surface area contributed by atoms with E-state index in [9.17, 15) is 0 Å². The van der Waals surface area contributed by atoms with Crippen LogP contribution >= 0.6 is 35.3 Å². The number of hydrogen-bond donors (Lipinski definition) is 2. The van der Waals surface area contributed by atoms with Gasteiger partial charge < -0.3 is 15.5 Å². The second-order valence-electron chi connectivity index (χ2n) is 6.15. The van der Waals surface area contributed by atoms with Crippen molar-refractivity contribution in [2.75, 3.05) is 32.7 Å². The summed E-state index contributed by atoms with van der Waals surface area (Å²) < 4.78 is 0. The molecule has 0 saturated carbocycles. The number of rotatable bonds is 7. The van der Waals surface area contributed by atoms with E-state index in [0.29, 0.717) is 6.54 Å². The molecule has 0 atom stereocenters. The molecule has 1 saturated heterocycles. The van der Waals surface area contributed by atoms with Crippen LogP contribution in [0, 0.1) is 12.8 Å². The smallest absolute Gasteiger partial charge is 0.191 e. The minimum Gasteiger partial charge on any atom is -0.357 e. The summed E-state index contributed by atoms with van der Waals surface area (Å²) in [6, 6.07) is 0. The summed E-state index contributed by atoms with van der Waals surface area (Å²) in [7, 11) is 0. The number of guanidine groups is 1. The molecule has 2 heterocycles. The Bertz CT molecular complexity index is 483. The molecule has 1 aromatic heterocycles. The number of thiazole rings is 1. The third-order valence-corrected chi connectivity index (χ3v) is 5.28. The lowest BCUT2D eigenvalue weighted by Crippen LogP contribution is -2.39. The van der Waals surface area contributed by atoms with Gasteiger partial charge in [0.2, 0.25) is 0 Å². The zero-order valence-corrected chi connectivity index (χ0v) is 18.3. The fourth-order valence-corrected chi connectivity index (χ4v) is 3.66. The Balaban J connectivity index is 0.00000288. The maximum absolute atomic E-state index is 4.64. The predicted molar refractivity (Wildman–Crippen MR) is 115 cm³/mol. The van der Waals surface area contributed by atoms with E-state index in [1.807, 2.05) is 6.20 Å². The quantitative estimate of drug-likeness (QED) is 0.369. The van der Waals surface area contributed by atoms with Crippen molar-refractivity contribution in [2.24, 2.45) is 10.9 Å². The molecule has 1 aliphatic heterocycles. The Kier molecular flexibility index (Phi) is 10.8. The van der Waals surface area contributed by atoms with Gasteiger partial charge in [0, 0.05) is 24.2 Å². The number of aryl methyl sites for hydroxylation is 1. The van der Waals surface area contributed by atoms with Gasteiger partial charge in [0.05, 0.1) is 6.54 Å². The molecule has 1 aliphatic rings. The van der Waals surface area contributed by atoms with Crippen molar-refractivity contribution in [1.82, 2.24) is 20.5 Å². The summed E-state index contributed by atoms with van der Waals surface area (Å²) in [4.78, 5) is 12.8. The highest BCUT2D eigenvalue weighted by atomic mass is 127. The Labute approximate surface area is 167 Å². The third-order valence-electron chi connectivity index (χ3n) is 4.39. The second-order valence-corrected chi connectivity index (χ2v) is 7.47. The summed E-state index contributed by atoms with van der Waals surface area (Å²) in [5, 5.41) is 7.87. The van der Waals surface area contributed by atoms with E-state index in [1.54, 1.807) is 11.3 Å². The van der Waals surface area contributed by atoms with E-state index < -0.39 is 0 Å². The average Bonchev–Trinajstić information content (AvgIpc) is 2.99. The van der Waals surface area contributed by atoms with Crippen molar-refractivity contribution in [2.45, 2.75) is 46.6 Å². The maximum atomic E-state index is 4.64. The first-order valence-electron chi connectivity index (χ1n) is 8.87. The van der Waals surface area contributed by atoms with E-state index in [0.717, 1.165) is 30.0 Å². The summed E-state index contributed by atoms with van der Waals surface area (Å²) >= 11 is 1.72. The number of nitrogens with zero attached hydrogens (tertiary/aromatic N) is 3. The van der Waals surface area contributed by atoms with E-state index >= 15 is 0 Å². The Morgan fingerprint density at radius 2 is 2.08 bits per heavy atom. The molecule has 5 nitrogen and oxygen atoms in total. The summed E-state index contributed by atoms with van der Waals surface area (Å²) in [6.45, 7) is 12.7. The van der Waals surface area contributed by atoms with Crippen LogP contribution < -0.4 is 10.6 Å². The highest BCUT2D eigenvalue weighted by molar-refractivity contribution is 14.0. The van der Waals surface area contributed by atoms with Gasteiger partial charge in [0.1, 0.15) is 5.01 Å². The number of aliphatic imine (C=N–C) groups is 1. The van der Waals surface area contributed by atoms with Gasteiger partial charge in [-0.15, -0.1) is 35.3 Å². The molecular formula is C17H32IN5S. The zero-order valence-electron chi connectivity index (χ0n) is 15.2. The van der Waals surface area contributed by atoms with Crippen LogP contribution in [-0.4, -0.2) is 48.6 Å². The number of aromatic nitrogens is 1. The highest BCUT2D eigenvalue weighted by Gasteiger charge is 2.17. The largest absolute Gasteiger partial charge is 0.357 e. The van der Waals surface area contributed by atoms with Gasteiger partial charge in [-0.2, -0.15) is 0 Å². The Morgan fingerprint density at radius 3 is 2.67 bits per heavy atom. The SMILES string of the molecule is CCNC(=NCc1ncc(C)s1)NCCC1CCN(CC)CC1.I. The van der Waals surface area contributed by atoms with E-state index in [-0.39, 0.29) is 24.0 Å². The number of likely N-dealkylation sites (tertiary alicyclic amines) is 1. The van der Waals surface area contributed by atoms with Crippen LogP contribution in [0.15, 0.2) is 11.2 Å². The maximum Gasteiger partial charge on any atom is 0.191 e. The van der Waals surface area contributed by atoms with Crippen LogP contribution in [0.1, 0.15) is 43.0 Å². The molecule has 0 aromatic carbocycles. The molecule has 7 heteroatoms. The lowest BCUT2D eigenvalue weighted by molar-refractivity contribution is 0.187. The topological polar surface area (TPSA) is 52.6 Å². The Hall–Kier alpha value is -0.410. The fraction of sp³-hybridized carbons (Fsp3) is 0.765. The zero-order chi connectivity index (χ0) is 16.5. The van der Waals surface area contributed by atoms with E-state index in [1.165, 1.54) is 43.8 Å². The number of nitrogens with one attached hydrogen (secondary N) is 2. The van der Waals surface area contributed by atoms with Gasteiger partial charge in [-0.25, -0.2) is 9.98 Å². The van der Waals surface area contributed by atoms with Gasteiger partial charge in [-0.05, 0) is 58.7 Å². The van der Waals surface area contributed by atoms with Crippen molar-refractivity contribution >= 4 is 41.3 Å². The van der Waals surface area contributed by atoms with Crippen LogP contribution in [0.5, 0.6) is 0 Å². The van der Waals surface area contributed by atoms with Crippen molar-refractivity contribution in [1.29, 1.82) is 0 Å². The average molecular weight is 465 g/mol. The summed E-state index contributed by atoms with van der Waals surface area (Å²) in [5.74, 6) is 1.76. The molecule has 1 fully saturated rings. The minimum absolute atomic E-state index is 0. The van der Waals surface area contributed by atoms with Crippen molar-refractivity contribution in [3.63, 3.8) is 0 Å². The summed E-state index contributed by atoms with van der Waals surface area (Å²) in [5.41, 5.74) is 0. The van der Waals surface area contributed by atoms with E-state index in [2.05, 4.69) is 46.3 Å². The van der Waals surface area contributed by atoms with Crippen LogP contribution in [0.4, 0.5) is 0 Å². The second kappa shape index (κ2) is 12.0. The monoisotopic (exact) mass is 465 g/mol. The molecular weight excluding hydrogens is 433 g/mol. The molecule has 24 heavy (non-hydrogen) atoms. The lowest BCUT2D eigenvalue weighted by Gasteiger charge is -2.31. The van der Waals surface area contributed by atoms with Crippen molar-refractivity contribution in [3.8, 4) is 0 Å². The first-order chi connectivity index (χ1) is 11.2. The third kappa shape index (κ3) is 7.65. The van der Waals surface area contributed by atoms with Crippen LogP contribution in [-0.2, 0) is 6.54 Å². The van der Waals surface area contributed by atoms with Crippen molar-refractivity contribution in [3.05, 3.63) is 16.1 Å². The van der Waals surface area contributed by atoms with Crippen LogP contribution in [0.25, 0.3) is 0 Å². The van der Waals surface area contributed by atoms with Crippen LogP contribution in [0.3, 0.4) is 0 Å². The molecule has 0 aliphatic carbocycles. The highest BCUT2D eigenvalue weighted by Crippen LogP contribution is 2.19. The van der Waals surface area contributed by atoms with Gasteiger partial charge in [0.15, 0.2) is 5.96 Å². The predicted octanol–water partition coefficient (Wildman–Crippen LogP) is 3.25. The fourth-order valence-electron chi connectivity index (χ4n) is 2.95. The van der Waals surface area contributed by atoms with Gasteiger partial charge in [0.25, 0.3) is 0 Å². The first-order valence-corrected chi connectivity index (χ1v) is 9.68. The first kappa shape index (κ1) is 21.6. The molecule has 0 bridgehead atoms. The van der Waals surface area contributed by atoms with Crippen molar-refractivity contribution < 1.29 is 0 Å². The molecule has 0 radical (unpaired) electrons. The molecule has 2 rings (SSSR count). The number of halogens is 1. The molecule has 0 spiro atoms. The van der Waals surface area contributed by atoms with Gasteiger partial charge >= 0.3 is 0 Å². The van der Waals surface area contributed by atoms with E-state index in [4.69, 9.17) is 0 Å². The molecule has 0 unspecified atom stereocenters. The molecule has 0 amide bonds. The Morgan fingerprint density at radius 1 is 1.33 bits per heavy atom. The standard InChI is InChI=1S/C17H31N5S.HI/c1-4-18-17(21-13-16-20-12-14(3)23-16)19-9-6-15-7-10-22(5-2)11-8-15;/h12,15H,4-11,13H2,1-3H3,(H2,18,19,21);1H. The number of piperidine rings is 1. The molecule has 138 valence electrons. The summed E-state index contributed by atoms with van der Waals surface area (Å²) in [6.07, 6.45) is 5.82.